The van der Waals surface area contributed by atoms with Crippen molar-refractivity contribution < 1.29 is 0 Å². The van der Waals surface area contributed by atoms with Crippen LogP contribution in [0.25, 0.3) is 0 Å². The quantitative estimate of drug-likeness (QED) is 0.403. The summed E-state index contributed by atoms with van der Waals surface area (Å²) in [5.41, 5.74) is 0. The number of hydrogen-bond donors (Lipinski definition) is 0. The summed E-state index contributed by atoms with van der Waals surface area (Å²) in [6.07, 6.45) is 2.03. The van der Waals surface area contributed by atoms with Crippen molar-refractivity contribution in [3.63, 3.8) is 0 Å². The lowest BCUT2D eigenvalue weighted by atomic mass is 10.1. The second-order valence-corrected chi connectivity index (χ2v) is 4.51. The third-order valence-electron chi connectivity index (χ3n) is 2.34. The Morgan fingerprint density at radius 2 is 2.18 bits per heavy atom. The van der Waals surface area contributed by atoms with Gasteiger partial charge in [0.2, 0.25) is 0 Å². The van der Waals surface area contributed by atoms with Gasteiger partial charge in [0.15, 0.2) is 0 Å². The SMILES string of the molecule is C=C[C@H]1CN(I)C[C@@H](C)N1C. The number of likely N-dealkylation sites (N-methyl/N-ethyl adjacent to an activating group) is 1. The second kappa shape index (κ2) is 3.87. The molecule has 0 saturated carbocycles. The molecule has 1 aliphatic rings. The Bertz CT molecular complexity index is 149. The molecule has 0 bridgehead atoms. The molecule has 1 aliphatic heterocycles. The van der Waals surface area contributed by atoms with E-state index in [1.165, 1.54) is 0 Å². The Morgan fingerprint density at radius 3 is 2.73 bits per heavy atom. The van der Waals surface area contributed by atoms with Crippen LogP contribution in [0, 0.1) is 0 Å². The van der Waals surface area contributed by atoms with Crippen LogP contribution in [0.1, 0.15) is 6.92 Å². The molecule has 0 radical (unpaired) electrons. The maximum atomic E-state index is 3.83. The Kier molecular flexibility index (Phi) is 3.33. The van der Waals surface area contributed by atoms with Gasteiger partial charge in [0, 0.05) is 48.0 Å². The van der Waals surface area contributed by atoms with Crippen LogP contribution in [0.5, 0.6) is 0 Å². The third kappa shape index (κ3) is 2.16. The monoisotopic (exact) mass is 266 g/mol. The van der Waals surface area contributed by atoms with Crippen molar-refractivity contribution in [1.82, 2.24) is 8.01 Å². The molecule has 1 rings (SSSR count). The zero-order chi connectivity index (χ0) is 8.43. The number of nitrogens with zero attached hydrogens (tertiary/aromatic N) is 2. The van der Waals surface area contributed by atoms with Crippen LogP contribution >= 0.6 is 22.9 Å². The average molecular weight is 266 g/mol. The summed E-state index contributed by atoms with van der Waals surface area (Å²) in [6.45, 7) is 8.34. The fourth-order valence-electron chi connectivity index (χ4n) is 1.39. The summed E-state index contributed by atoms with van der Waals surface area (Å²) >= 11 is 2.38. The molecule has 0 aliphatic carbocycles. The van der Waals surface area contributed by atoms with Gasteiger partial charge in [-0.3, -0.25) is 4.90 Å². The smallest absolute Gasteiger partial charge is 0.0411 e. The van der Waals surface area contributed by atoms with Crippen molar-refractivity contribution in [2.45, 2.75) is 19.0 Å². The van der Waals surface area contributed by atoms with Crippen molar-refractivity contribution in [3.05, 3.63) is 12.7 Å². The summed E-state index contributed by atoms with van der Waals surface area (Å²) in [4.78, 5) is 2.38. The summed E-state index contributed by atoms with van der Waals surface area (Å²) in [5.74, 6) is 0. The minimum atomic E-state index is 0.524. The van der Waals surface area contributed by atoms with Gasteiger partial charge in [-0.05, 0) is 14.0 Å². The zero-order valence-electron chi connectivity index (χ0n) is 7.13. The van der Waals surface area contributed by atoms with Crippen molar-refractivity contribution >= 4 is 22.9 Å². The summed E-state index contributed by atoms with van der Waals surface area (Å²) in [6, 6.07) is 1.17. The highest BCUT2D eigenvalue weighted by Crippen LogP contribution is 2.16. The summed E-state index contributed by atoms with van der Waals surface area (Å²) in [5, 5.41) is 0. The molecule has 0 unspecified atom stereocenters. The molecule has 0 N–H and O–H groups in total. The van der Waals surface area contributed by atoms with Gasteiger partial charge in [0.25, 0.3) is 0 Å². The molecule has 1 saturated heterocycles. The molecule has 3 heteroatoms. The zero-order valence-corrected chi connectivity index (χ0v) is 9.28. The largest absolute Gasteiger partial charge is 0.295 e. The highest BCUT2D eigenvalue weighted by atomic mass is 127. The van der Waals surface area contributed by atoms with E-state index in [9.17, 15) is 0 Å². The molecule has 2 atom stereocenters. The predicted molar refractivity (Wildman–Crippen MR) is 56.8 cm³/mol. The van der Waals surface area contributed by atoms with Gasteiger partial charge in [-0.2, -0.15) is 0 Å². The number of rotatable bonds is 1. The van der Waals surface area contributed by atoms with Gasteiger partial charge in [0.05, 0.1) is 0 Å². The second-order valence-electron chi connectivity index (χ2n) is 3.15. The first-order chi connectivity index (χ1) is 5.15. The molecule has 64 valence electrons. The van der Waals surface area contributed by atoms with E-state index < -0.39 is 0 Å². The molecule has 0 spiro atoms. The fraction of sp³-hybridized carbons (Fsp3) is 0.750. The third-order valence-corrected chi connectivity index (χ3v) is 3.13. The molecule has 1 fully saturated rings. The summed E-state index contributed by atoms with van der Waals surface area (Å²) < 4.78 is 2.33. The van der Waals surface area contributed by atoms with E-state index in [2.05, 4.69) is 51.4 Å². The van der Waals surface area contributed by atoms with Gasteiger partial charge in [0.1, 0.15) is 0 Å². The Morgan fingerprint density at radius 1 is 1.55 bits per heavy atom. The Balaban J connectivity index is 2.58. The summed E-state index contributed by atoms with van der Waals surface area (Å²) in [7, 11) is 2.17. The van der Waals surface area contributed by atoms with Crippen molar-refractivity contribution in [2.24, 2.45) is 0 Å². The minimum Gasteiger partial charge on any atom is -0.295 e. The molecule has 2 nitrogen and oxygen atoms in total. The molecule has 0 amide bonds. The van der Waals surface area contributed by atoms with Crippen LogP contribution in [0.15, 0.2) is 12.7 Å². The average Bonchev–Trinajstić information content (AvgIpc) is 1.96. The van der Waals surface area contributed by atoms with Crippen LogP contribution in [-0.4, -0.2) is 40.2 Å². The minimum absolute atomic E-state index is 0.524. The van der Waals surface area contributed by atoms with Gasteiger partial charge in [-0.25, -0.2) is 3.11 Å². The van der Waals surface area contributed by atoms with Crippen molar-refractivity contribution in [2.75, 3.05) is 20.1 Å². The van der Waals surface area contributed by atoms with Crippen molar-refractivity contribution in [1.29, 1.82) is 0 Å². The molecule has 1 heterocycles. The van der Waals surface area contributed by atoms with Gasteiger partial charge >= 0.3 is 0 Å². The fourth-order valence-corrected chi connectivity index (χ4v) is 2.36. The lowest BCUT2D eigenvalue weighted by Gasteiger charge is -2.39. The van der Waals surface area contributed by atoms with E-state index in [-0.39, 0.29) is 0 Å². The molecule has 0 aromatic carbocycles. The number of piperazine rings is 1. The number of halogens is 1. The number of hydrogen-bond acceptors (Lipinski definition) is 2. The molecular formula is C8H15IN2. The topological polar surface area (TPSA) is 6.48 Å². The Labute approximate surface area is 82.7 Å². The highest BCUT2D eigenvalue weighted by Gasteiger charge is 2.25. The normalized spacial score (nSPS) is 35.5. The van der Waals surface area contributed by atoms with Crippen LogP contribution in [0.4, 0.5) is 0 Å². The van der Waals surface area contributed by atoms with Crippen molar-refractivity contribution in [3.8, 4) is 0 Å². The first-order valence-corrected chi connectivity index (χ1v) is 4.87. The van der Waals surface area contributed by atoms with Gasteiger partial charge < -0.3 is 0 Å². The van der Waals surface area contributed by atoms with Crippen LogP contribution in [0.3, 0.4) is 0 Å². The van der Waals surface area contributed by atoms with Gasteiger partial charge in [-0.1, -0.05) is 6.08 Å². The molecule has 0 aromatic rings. The lowest BCUT2D eigenvalue weighted by molar-refractivity contribution is 0.135. The van der Waals surface area contributed by atoms with E-state index in [0.29, 0.717) is 12.1 Å². The van der Waals surface area contributed by atoms with E-state index in [1.807, 2.05) is 6.08 Å². The van der Waals surface area contributed by atoms with Crippen LogP contribution in [0.2, 0.25) is 0 Å². The first-order valence-electron chi connectivity index (χ1n) is 3.90. The van der Waals surface area contributed by atoms with E-state index in [4.69, 9.17) is 0 Å². The van der Waals surface area contributed by atoms with E-state index >= 15 is 0 Å². The van der Waals surface area contributed by atoms with Crippen LogP contribution < -0.4 is 0 Å². The molecule has 11 heavy (non-hydrogen) atoms. The Hall–Kier alpha value is 0.390. The van der Waals surface area contributed by atoms with Gasteiger partial charge in [-0.15, -0.1) is 6.58 Å². The van der Waals surface area contributed by atoms with Crippen LogP contribution in [-0.2, 0) is 0 Å². The maximum Gasteiger partial charge on any atom is 0.0411 e. The van der Waals surface area contributed by atoms with E-state index in [1.54, 1.807) is 0 Å². The lowest BCUT2D eigenvalue weighted by Crippen LogP contribution is -2.52. The first kappa shape index (κ1) is 9.48. The molecular weight excluding hydrogens is 251 g/mol. The molecule has 0 aromatic heterocycles. The predicted octanol–water partition coefficient (Wildman–Crippen LogP) is 1.53. The standard InChI is InChI=1S/C8H15IN2/c1-4-8-6-11(9)5-7(2)10(8)3/h4,7-8H,1,5-6H2,2-3H3/t7-,8+/m1/s1. The maximum absolute atomic E-state index is 3.83. The highest BCUT2D eigenvalue weighted by molar-refractivity contribution is 14.1. The van der Waals surface area contributed by atoms with E-state index in [0.717, 1.165) is 13.1 Å².